The number of sulfonamides is 1. The average molecular weight is 564 g/mol. The van der Waals surface area contributed by atoms with Crippen molar-refractivity contribution in [3.63, 3.8) is 0 Å². The highest BCUT2D eigenvalue weighted by Crippen LogP contribution is 2.23. The standard InChI is InChI=1S/C30H30ClN3O4S/c1-2-38-28-12-14-29(15-13-28)39(36,37)34(22-25-6-4-17-32-20-25)21-24-8-10-26(11-9-24)30(35)33-18-16-23-5-3-7-27(31)19-23/h3-15,17,19-20H,2,16,18,21-22H2,1H3,(H,33,35). The van der Waals surface area contributed by atoms with Crippen molar-refractivity contribution in [3.8, 4) is 5.75 Å². The van der Waals surface area contributed by atoms with E-state index in [0.29, 0.717) is 35.9 Å². The summed E-state index contributed by atoms with van der Waals surface area (Å²) in [5, 5.41) is 3.58. The molecule has 1 heterocycles. The fourth-order valence-corrected chi connectivity index (χ4v) is 5.65. The lowest BCUT2D eigenvalue weighted by atomic mass is 10.1. The third-order valence-corrected chi connectivity index (χ3v) is 8.06. The zero-order valence-electron chi connectivity index (χ0n) is 21.6. The molecular weight excluding hydrogens is 534 g/mol. The summed E-state index contributed by atoms with van der Waals surface area (Å²) < 4.78 is 34.1. The molecule has 4 aromatic rings. The van der Waals surface area contributed by atoms with Gasteiger partial charge in [0.25, 0.3) is 5.91 Å². The Morgan fingerprint density at radius 1 is 0.923 bits per heavy atom. The first kappa shape index (κ1) is 28.3. The smallest absolute Gasteiger partial charge is 0.251 e. The molecule has 1 N–H and O–H groups in total. The number of halogens is 1. The van der Waals surface area contributed by atoms with E-state index in [-0.39, 0.29) is 23.9 Å². The van der Waals surface area contributed by atoms with Crippen LogP contribution in [0.25, 0.3) is 0 Å². The number of nitrogens with one attached hydrogen (secondary N) is 1. The van der Waals surface area contributed by atoms with Gasteiger partial charge in [-0.15, -0.1) is 0 Å². The van der Waals surface area contributed by atoms with Crippen molar-refractivity contribution < 1.29 is 17.9 Å². The SMILES string of the molecule is CCOc1ccc(S(=O)(=O)N(Cc2ccc(C(=O)NCCc3cccc(Cl)c3)cc2)Cc2cccnc2)cc1. The summed E-state index contributed by atoms with van der Waals surface area (Å²) in [6.45, 7) is 3.11. The van der Waals surface area contributed by atoms with Crippen molar-refractivity contribution in [2.45, 2.75) is 31.3 Å². The summed E-state index contributed by atoms with van der Waals surface area (Å²) >= 11 is 6.02. The van der Waals surface area contributed by atoms with Gasteiger partial charge in [0, 0.05) is 42.6 Å². The van der Waals surface area contributed by atoms with Crippen molar-refractivity contribution in [1.29, 1.82) is 0 Å². The number of carbonyl (C=O) groups is 1. The van der Waals surface area contributed by atoms with Crippen LogP contribution in [-0.2, 0) is 29.5 Å². The Kier molecular flexibility index (Phi) is 9.70. The molecule has 0 atom stereocenters. The molecular formula is C30H30ClN3O4S. The Balaban J connectivity index is 1.46. The van der Waals surface area contributed by atoms with Crippen LogP contribution in [-0.4, -0.2) is 36.8 Å². The molecule has 39 heavy (non-hydrogen) atoms. The highest BCUT2D eigenvalue weighted by atomic mass is 35.5. The zero-order chi connectivity index (χ0) is 27.7. The minimum atomic E-state index is -3.84. The lowest BCUT2D eigenvalue weighted by Gasteiger charge is -2.23. The van der Waals surface area contributed by atoms with E-state index in [9.17, 15) is 13.2 Å². The molecule has 1 amide bonds. The first-order chi connectivity index (χ1) is 18.8. The molecule has 4 rings (SSSR count). The molecule has 0 aliphatic carbocycles. The van der Waals surface area contributed by atoms with Crippen LogP contribution in [0, 0.1) is 0 Å². The number of aromatic nitrogens is 1. The third kappa shape index (κ3) is 7.89. The van der Waals surface area contributed by atoms with E-state index < -0.39 is 10.0 Å². The summed E-state index contributed by atoms with van der Waals surface area (Å²) in [6, 6.07) is 24.5. The second-order valence-corrected chi connectivity index (χ2v) is 11.2. The Morgan fingerprint density at radius 3 is 2.31 bits per heavy atom. The predicted octanol–water partition coefficient (Wildman–Crippen LogP) is 5.50. The van der Waals surface area contributed by atoms with Gasteiger partial charge in [-0.1, -0.05) is 41.9 Å². The number of benzene rings is 3. The van der Waals surface area contributed by atoms with E-state index in [2.05, 4.69) is 10.3 Å². The van der Waals surface area contributed by atoms with Gasteiger partial charge in [0.2, 0.25) is 10.0 Å². The van der Waals surface area contributed by atoms with Gasteiger partial charge in [0.05, 0.1) is 11.5 Å². The van der Waals surface area contributed by atoms with Gasteiger partial charge in [-0.25, -0.2) is 8.42 Å². The highest BCUT2D eigenvalue weighted by molar-refractivity contribution is 7.89. The summed E-state index contributed by atoms with van der Waals surface area (Å²) in [7, 11) is -3.84. The van der Waals surface area contributed by atoms with Gasteiger partial charge in [0.1, 0.15) is 5.75 Å². The van der Waals surface area contributed by atoms with E-state index >= 15 is 0 Å². The molecule has 0 unspecified atom stereocenters. The summed E-state index contributed by atoms with van der Waals surface area (Å²) in [6.07, 6.45) is 3.96. The number of hydrogen-bond acceptors (Lipinski definition) is 5. The molecule has 0 saturated heterocycles. The molecule has 0 aliphatic rings. The van der Waals surface area contributed by atoms with E-state index in [1.165, 1.54) is 4.31 Å². The Hall–Kier alpha value is -3.72. The van der Waals surface area contributed by atoms with Crippen LogP contribution < -0.4 is 10.1 Å². The molecule has 0 saturated carbocycles. The van der Waals surface area contributed by atoms with Crippen LogP contribution in [0.3, 0.4) is 0 Å². The summed E-state index contributed by atoms with van der Waals surface area (Å²) in [4.78, 5) is 16.9. The van der Waals surface area contributed by atoms with Gasteiger partial charge in [-0.3, -0.25) is 9.78 Å². The second kappa shape index (κ2) is 13.4. The predicted molar refractivity (Wildman–Crippen MR) is 152 cm³/mol. The first-order valence-electron chi connectivity index (χ1n) is 12.6. The van der Waals surface area contributed by atoms with Gasteiger partial charge < -0.3 is 10.1 Å². The minimum absolute atomic E-state index is 0.126. The van der Waals surface area contributed by atoms with Crippen molar-refractivity contribution >= 4 is 27.5 Å². The van der Waals surface area contributed by atoms with E-state index in [1.807, 2.05) is 37.3 Å². The number of nitrogens with zero attached hydrogens (tertiary/aromatic N) is 2. The largest absolute Gasteiger partial charge is 0.494 e. The van der Waals surface area contributed by atoms with Crippen molar-refractivity contribution in [2.24, 2.45) is 0 Å². The first-order valence-corrected chi connectivity index (χ1v) is 14.4. The van der Waals surface area contributed by atoms with Crippen LogP contribution >= 0.6 is 11.6 Å². The fraction of sp³-hybridized carbons (Fsp3) is 0.200. The number of amides is 1. The fourth-order valence-electron chi connectivity index (χ4n) is 4.02. The molecule has 202 valence electrons. The maximum absolute atomic E-state index is 13.6. The van der Waals surface area contributed by atoms with E-state index in [4.69, 9.17) is 16.3 Å². The van der Waals surface area contributed by atoms with Gasteiger partial charge in [0.15, 0.2) is 0 Å². The van der Waals surface area contributed by atoms with Crippen molar-refractivity contribution in [3.05, 3.63) is 125 Å². The maximum Gasteiger partial charge on any atom is 0.251 e. The molecule has 9 heteroatoms. The Bertz CT molecular complexity index is 1480. The van der Waals surface area contributed by atoms with Crippen LogP contribution in [0.1, 0.15) is 34.0 Å². The Morgan fingerprint density at radius 2 is 1.64 bits per heavy atom. The van der Waals surface area contributed by atoms with Crippen LogP contribution in [0.15, 0.2) is 102 Å². The lowest BCUT2D eigenvalue weighted by molar-refractivity contribution is 0.0954. The number of rotatable bonds is 12. The second-order valence-electron chi connectivity index (χ2n) is 8.87. The zero-order valence-corrected chi connectivity index (χ0v) is 23.2. The molecule has 0 fully saturated rings. The molecule has 0 radical (unpaired) electrons. The minimum Gasteiger partial charge on any atom is -0.494 e. The lowest BCUT2D eigenvalue weighted by Crippen LogP contribution is -2.30. The van der Waals surface area contributed by atoms with E-state index in [0.717, 1.165) is 16.7 Å². The third-order valence-electron chi connectivity index (χ3n) is 6.02. The number of ether oxygens (including phenoxy) is 1. The van der Waals surface area contributed by atoms with Crippen molar-refractivity contribution in [2.75, 3.05) is 13.2 Å². The Labute approximate surface area is 234 Å². The molecule has 0 spiro atoms. The van der Waals surface area contributed by atoms with Crippen LogP contribution in [0.4, 0.5) is 0 Å². The van der Waals surface area contributed by atoms with Crippen LogP contribution in [0.2, 0.25) is 5.02 Å². The van der Waals surface area contributed by atoms with Gasteiger partial charge >= 0.3 is 0 Å². The molecule has 3 aromatic carbocycles. The monoisotopic (exact) mass is 563 g/mol. The summed E-state index contributed by atoms with van der Waals surface area (Å²) in [5.41, 5.74) is 3.06. The average Bonchev–Trinajstić information content (AvgIpc) is 2.94. The molecule has 0 bridgehead atoms. The van der Waals surface area contributed by atoms with Crippen molar-refractivity contribution in [1.82, 2.24) is 14.6 Å². The number of pyridine rings is 1. The quantitative estimate of drug-likeness (QED) is 0.246. The molecule has 1 aromatic heterocycles. The topological polar surface area (TPSA) is 88.6 Å². The van der Waals surface area contributed by atoms with Gasteiger partial charge in [-0.05, 0) is 84.6 Å². The van der Waals surface area contributed by atoms with E-state index in [1.54, 1.807) is 67.0 Å². The normalized spacial score (nSPS) is 11.4. The number of hydrogen-bond donors (Lipinski definition) is 1. The maximum atomic E-state index is 13.6. The molecule has 0 aliphatic heterocycles. The number of carbonyl (C=O) groups excluding carboxylic acids is 1. The summed E-state index contributed by atoms with van der Waals surface area (Å²) in [5.74, 6) is 0.412. The van der Waals surface area contributed by atoms with Crippen LogP contribution in [0.5, 0.6) is 5.75 Å². The highest BCUT2D eigenvalue weighted by Gasteiger charge is 2.25. The van der Waals surface area contributed by atoms with Gasteiger partial charge in [-0.2, -0.15) is 4.31 Å². The molecule has 7 nitrogen and oxygen atoms in total.